The molecule has 0 bridgehead atoms. The van der Waals surface area contributed by atoms with Gasteiger partial charge < -0.3 is 15.4 Å². The minimum atomic E-state index is -0.649. The van der Waals surface area contributed by atoms with E-state index >= 15 is 0 Å². The van der Waals surface area contributed by atoms with Crippen LogP contribution in [0.25, 0.3) is 16.8 Å². The number of nitrogens with two attached hydrogens (primary N) is 1. The van der Waals surface area contributed by atoms with Gasteiger partial charge in [-0.05, 0) is 12.0 Å². The number of aromatic nitrogens is 2. The molecular weight excluding hydrogens is 360 g/mol. The third-order valence-electron chi connectivity index (χ3n) is 4.76. The SMILES string of the molecule is CCCCN=CC(=CN)c1c(-c2ccccc2)ncn1CC(O)c1ccccc1. The predicted octanol–water partition coefficient (Wildman–Crippen LogP) is 4.45. The zero-order valence-corrected chi connectivity index (χ0v) is 16.8. The van der Waals surface area contributed by atoms with Gasteiger partial charge in [-0.1, -0.05) is 74.0 Å². The summed E-state index contributed by atoms with van der Waals surface area (Å²) in [5, 5.41) is 10.7. The Morgan fingerprint density at radius 3 is 2.48 bits per heavy atom. The number of unbranched alkanes of at least 4 members (excludes halogenated alkanes) is 1. The van der Waals surface area contributed by atoms with Gasteiger partial charge in [0.1, 0.15) is 0 Å². The molecule has 5 nitrogen and oxygen atoms in total. The standard InChI is InChI=1S/C24H28N4O/c1-2-3-14-26-16-21(15-25)24-23(20-12-8-5-9-13-20)27-18-28(24)17-22(29)19-10-6-4-7-11-19/h4-13,15-16,18,22,29H,2-3,14,17,25H2,1H3. The second-order valence-corrected chi connectivity index (χ2v) is 6.90. The Labute approximate surface area is 172 Å². The number of hydrogen-bond acceptors (Lipinski definition) is 4. The molecule has 2 aromatic carbocycles. The smallest absolute Gasteiger partial charge is 0.0969 e. The third-order valence-corrected chi connectivity index (χ3v) is 4.76. The summed E-state index contributed by atoms with van der Waals surface area (Å²) in [7, 11) is 0. The lowest BCUT2D eigenvalue weighted by molar-refractivity contribution is 0.156. The topological polar surface area (TPSA) is 76.4 Å². The molecule has 1 heterocycles. The van der Waals surface area contributed by atoms with E-state index in [9.17, 15) is 5.11 Å². The highest BCUT2D eigenvalue weighted by atomic mass is 16.3. The van der Waals surface area contributed by atoms with E-state index in [1.807, 2.05) is 71.4 Å². The van der Waals surface area contributed by atoms with Gasteiger partial charge in [-0.2, -0.15) is 0 Å². The van der Waals surface area contributed by atoms with E-state index in [1.165, 1.54) is 0 Å². The van der Waals surface area contributed by atoms with E-state index in [1.54, 1.807) is 12.5 Å². The largest absolute Gasteiger partial charge is 0.404 e. The summed E-state index contributed by atoms with van der Waals surface area (Å²) in [5.41, 5.74) is 10.3. The molecule has 0 saturated heterocycles. The lowest BCUT2D eigenvalue weighted by Gasteiger charge is -2.15. The summed E-state index contributed by atoms with van der Waals surface area (Å²) < 4.78 is 1.95. The van der Waals surface area contributed by atoms with Crippen LogP contribution in [0.1, 0.15) is 37.1 Å². The second-order valence-electron chi connectivity index (χ2n) is 6.90. The average molecular weight is 389 g/mol. The first-order valence-corrected chi connectivity index (χ1v) is 10.00. The fourth-order valence-corrected chi connectivity index (χ4v) is 3.19. The molecule has 0 spiro atoms. The van der Waals surface area contributed by atoms with Crippen molar-refractivity contribution in [1.29, 1.82) is 0 Å². The van der Waals surface area contributed by atoms with E-state index in [4.69, 9.17) is 5.73 Å². The second kappa shape index (κ2) is 10.4. The maximum Gasteiger partial charge on any atom is 0.0969 e. The van der Waals surface area contributed by atoms with Gasteiger partial charge in [0.25, 0.3) is 0 Å². The zero-order valence-electron chi connectivity index (χ0n) is 16.8. The van der Waals surface area contributed by atoms with Gasteiger partial charge in [0.2, 0.25) is 0 Å². The van der Waals surface area contributed by atoms with Crippen molar-refractivity contribution in [2.24, 2.45) is 10.7 Å². The quantitative estimate of drug-likeness (QED) is 0.420. The van der Waals surface area contributed by atoms with Crippen LogP contribution in [0.2, 0.25) is 0 Å². The Balaban J connectivity index is 1.98. The maximum absolute atomic E-state index is 10.7. The molecule has 150 valence electrons. The summed E-state index contributed by atoms with van der Waals surface area (Å²) in [6.45, 7) is 3.28. The fourth-order valence-electron chi connectivity index (χ4n) is 3.19. The van der Waals surface area contributed by atoms with E-state index in [-0.39, 0.29) is 0 Å². The first-order valence-electron chi connectivity index (χ1n) is 10.00. The van der Waals surface area contributed by atoms with Crippen molar-refractivity contribution in [3.63, 3.8) is 0 Å². The lowest BCUT2D eigenvalue weighted by atomic mass is 10.1. The molecule has 3 rings (SSSR count). The molecule has 3 N–H and O–H groups in total. The molecule has 29 heavy (non-hydrogen) atoms. The summed E-state index contributed by atoms with van der Waals surface area (Å²) in [4.78, 5) is 9.16. The normalized spacial score (nSPS) is 13.1. The van der Waals surface area contributed by atoms with Gasteiger partial charge in [-0.25, -0.2) is 4.98 Å². The van der Waals surface area contributed by atoms with E-state index in [0.717, 1.165) is 47.5 Å². The molecule has 1 unspecified atom stereocenters. The first-order chi connectivity index (χ1) is 14.2. The van der Waals surface area contributed by atoms with Crippen LogP contribution in [-0.4, -0.2) is 27.4 Å². The number of aliphatic hydroxyl groups excluding tert-OH is 1. The Morgan fingerprint density at radius 1 is 1.14 bits per heavy atom. The predicted molar refractivity (Wildman–Crippen MR) is 119 cm³/mol. The zero-order chi connectivity index (χ0) is 20.5. The average Bonchev–Trinajstić information content (AvgIpc) is 3.18. The number of nitrogens with zero attached hydrogens (tertiary/aromatic N) is 3. The highest BCUT2D eigenvalue weighted by molar-refractivity contribution is 6.11. The molecular formula is C24H28N4O. The minimum Gasteiger partial charge on any atom is -0.404 e. The Hall–Kier alpha value is -3.18. The summed E-state index contributed by atoms with van der Waals surface area (Å²) in [6.07, 6.45) is 6.60. The molecule has 0 fully saturated rings. The summed E-state index contributed by atoms with van der Waals surface area (Å²) >= 11 is 0. The molecule has 0 radical (unpaired) electrons. The van der Waals surface area contributed by atoms with Gasteiger partial charge in [0.15, 0.2) is 0 Å². The minimum absolute atomic E-state index is 0.374. The van der Waals surface area contributed by atoms with Crippen molar-refractivity contribution in [3.05, 3.63) is 84.4 Å². The monoisotopic (exact) mass is 388 g/mol. The Bertz CT molecular complexity index is 946. The van der Waals surface area contributed by atoms with Crippen molar-refractivity contribution in [3.8, 4) is 11.3 Å². The lowest BCUT2D eigenvalue weighted by Crippen LogP contribution is -2.11. The molecule has 1 aromatic heterocycles. The highest BCUT2D eigenvalue weighted by Gasteiger charge is 2.18. The van der Waals surface area contributed by atoms with Crippen LogP contribution in [-0.2, 0) is 6.54 Å². The number of benzene rings is 2. The molecule has 0 aliphatic rings. The Morgan fingerprint density at radius 2 is 1.83 bits per heavy atom. The van der Waals surface area contributed by atoms with Gasteiger partial charge in [-0.3, -0.25) is 4.99 Å². The number of rotatable bonds is 9. The number of allylic oxidation sites excluding steroid dienone is 1. The van der Waals surface area contributed by atoms with Gasteiger partial charge >= 0.3 is 0 Å². The van der Waals surface area contributed by atoms with E-state index < -0.39 is 6.10 Å². The number of hydrogen-bond donors (Lipinski definition) is 2. The molecule has 1 atom stereocenters. The number of aliphatic imine (C=N–C) groups is 1. The third kappa shape index (κ3) is 5.21. The van der Waals surface area contributed by atoms with Gasteiger partial charge in [-0.15, -0.1) is 0 Å². The van der Waals surface area contributed by atoms with Crippen LogP contribution in [0.3, 0.4) is 0 Å². The highest BCUT2D eigenvalue weighted by Crippen LogP contribution is 2.28. The Kier molecular flexibility index (Phi) is 7.36. The molecule has 0 aliphatic heterocycles. The fraction of sp³-hybridized carbons (Fsp3) is 0.250. The van der Waals surface area contributed by atoms with Crippen molar-refractivity contribution < 1.29 is 5.11 Å². The summed E-state index contributed by atoms with van der Waals surface area (Å²) in [6, 6.07) is 19.6. The molecule has 0 aliphatic carbocycles. The van der Waals surface area contributed by atoms with Crippen molar-refractivity contribution in [1.82, 2.24) is 9.55 Å². The van der Waals surface area contributed by atoms with E-state index in [0.29, 0.717) is 6.54 Å². The van der Waals surface area contributed by atoms with Gasteiger partial charge in [0.05, 0.1) is 30.4 Å². The molecule has 0 amide bonds. The van der Waals surface area contributed by atoms with Gasteiger partial charge in [0, 0.05) is 30.1 Å². The molecule has 0 saturated carbocycles. The van der Waals surface area contributed by atoms with Crippen LogP contribution < -0.4 is 5.73 Å². The van der Waals surface area contributed by atoms with Crippen molar-refractivity contribution >= 4 is 11.8 Å². The van der Waals surface area contributed by atoms with Crippen LogP contribution >= 0.6 is 0 Å². The summed E-state index contributed by atoms with van der Waals surface area (Å²) in [5.74, 6) is 0. The first kappa shape index (κ1) is 20.6. The van der Waals surface area contributed by atoms with Crippen molar-refractivity contribution in [2.45, 2.75) is 32.4 Å². The molecule has 5 heteroatoms. The van der Waals surface area contributed by atoms with Crippen LogP contribution in [0.5, 0.6) is 0 Å². The van der Waals surface area contributed by atoms with Crippen LogP contribution in [0.4, 0.5) is 0 Å². The number of imidazole rings is 1. The number of aliphatic hydroxyl groups is 1. The van der Waals surface area contributed by atoms with Crippen LogP contribution in [0.15, 0.2) is 78.2 Å². The molecule has 3 aromatic rings. The van der Waals surface area contributed by atoms with Crippen LogP contribution in [0, 0.1) is 0 Å². The maximum atomic E-state index is 10.7. The van der Waals surface area contributed by atoms with Crippen molar-refractivity contribution in [2.75, 3.05) is 6.54 Å². The van der Waals surface area contributed by atoms with E-state index in [2.05, 4.69) is 16.9 Å².